The standard InChI is InChI=1S/C20H28N2O4S/c1-21(16-8-10-27-14-16)12-20(24)26-13-19(23)22-9-4-7-18(22)15-5-3-6-17(11-15)25-2/h3,5-6,11,16,18H,4,7-10,12-14H2,1-2H3. The Balaban J connectivity index is 1.51. The topological polar surface area (TPSA) is 59.1 Å². The minimum atomic E-state index is -0.333. The van der Waals surface area contributed by atoms with Crippen LogP contribution >= 0.6 is 11.8 Å². The van der Waals surface area contributed by atoms with Crippen LogP contribution in [0.15, 0.2) is 24.3 Å². The van der Waals surface area contributed by atoms with Gasteiger partial charge in [-0.25, -0.2) is 0 Å². The van der Waals surface area contributed by atoms with E-state index in [4.69, 9.17) is 9.47 Å². The van der Waals surface area contributed by atoms with Crippen molar-refractivity contribution in [2.24, 2.45) is 0 Å². The van der Waals surface area contributed by atoms with Gasteiger partial charge >= 0.3 is 5.97 Å². The van der Waals surface area contributed by atoms with Crippen molar-refractivity contribution in [3.63, 3.8) is 0 Å². The van der Waals surface area contributed by atoms with E-state index in [1.165, 1.54) is 0 Å². The lowest BCUT2D eigenvalue weighted by Gasteiger charge is -2.26. The van der Waals surface area contributed by atoms with Crippen LogP contribution in [0.4, 0.5) is 0 Å². The fraction of sp³-hybridized carbons (Fsp3) is 0.600. The molecule has 0 saturated carbocycles. The SMILES string of the molecule is COc1cccc(C2CCCN2C(=O)COC(=O)CN(C)C2CCSC2)c1. The van der Waals surface area contributed by atoms with Crippen molar-refractivity contribution in [3.8, 4) is 5.75 Å². The van der Waals surface area contributed by atoms with Crippen molar-refractivity contribution < 1.29 is 19.1 Å². The molecule has 2 aliphatic heterocycles. The van der Waals surface area contributed by atoms with E-state index in [1.807, 2.05) is 52.9 Å². The molecule has 1 aromatic rings. The molecular weight excluding hydrogens is 364 g/mol. The summed E-state index contributed by atoms with van der Waals surface area (Å²) in [5.41, 5.74) is 1.06. The quantitative estimate of drug-likeness (QED) is 0.664. The van der Waals surface area contributed by atoms with Gasteiger partial charge in [-0.05, 0) is 49.8 Å². The number of hydrogen-bond acceptors (Lipinski definition) is 6. The first-order chi connectivity index (χ1) is 13.1. The van der Waals surface area contributed by atoms with Crippen LogP contribution in [0.5, 0.6) is 5.75 Å². The first-order valence-electron chi connectivity index (χ1n) is 9.45. The van der Waals surface area contributed by atoms with Crippen LogP contribution in [0.3, 0.4) is 0 Å². The minimum absolute atomic E-state index is 0.0180. The number of ether oxygens (including phenoxy) is 2. The van der Waals surface area contributed by atoms with Gasteiger partial charge in [-0.3, -0.25) is 14.5 Å². The van der Waals surface area contributed by atoms with E-state index in [-0.39, 0.29) is 31.1 Å². The van der Waals surface area contributed by atoms with Crippen LogP contribution in [0.25, 0.3) is 0 Å². The maximum absolute atomic E-state index is 12.6. The Kier molecular flexibility index (Phi) is 7.01. The summed E-state index contributed by atoms with van der Waals surface area (Å²) in [6.07, 6.45) is 2.96. The molecule has 0 radical (unpaired) electrons. The smallest absolute Gasteiger partial charge is 0.320 e. The van der Waals surface area contributed by atoms with Gasteiger partial charge in [0.15, 0.2) is 6.61 Å². The number of carbonyl (C=O) groups is 2. The summed E-state index contributed by atoms with van der Waals surface area (Å²) in [7, 11) is 3.58. The average Bonchev–Trinajstić information content (AvgIpc) is 3.37. The summed E-state index contributed by atoms with van der Waals surface area (Å²) >= 11 is 1.91. The molecule has 6 nitrogen and oxygen atoms in total. The molecule has 2 saturated heterocycles. The number of nitrogens with zero attached hydrogens (tertiary/aromatic N) is 2. The highest BCUT2D eigenvalue weighted by Gasteiger charge is 2.31. The highest BCUT2D eigenvalue weighted by molar-refractivity contribution is 7.99. The van der Waals surface area contributed by atoms with Crippen molar-refractivity contribution >= 4 is 23.6 Å². The van der Waals surface area contributed by atoms with Crippen molar-refractivity contribution in [3.05, 3.63) is 29.8 Å². The fourth-order valence-corrected chi connectivity index (χ4v) is 5.03. The fourth-order valence-electron chi connectivity index (χ4n) is 3.73. The summed E-state index contributed by atoms with van der Waals surface area (Å²) in [6.45, 7) is 0.738. The van der Waals surface area contributed by atoms with Gasteiger partial charge in [0.25, 0.3) is 5.91 Å². The van der Waals surface area contributed by atoms with E-state index in [0.29, 0.717) is 12.6 Å². The van der Waals surface area contributed by atoms with Crippen molar-refractivity contribution in [1.29, 1.82) is 0 Å². The van der Waals surface area contributed by atoms with E-state index in [9.17, 15) is 9.59 Å². The number of esters is 1. The van der Waals surface area contributed by atoms with Crippen LogP contribution in [-0.4, -0.2) is 73.1 Å². The van der Waals surface area contributed by atoms with Crippen LogP contribution in [0, 0.1) is 0 Å². The van der Waals surface area contributed by atoms with Gasteiger partial charge < -0.3 is 14.4 Å². The molecule has 27 heavy (non-hydrogen) atoms. The monoisotopic (exact) mass is 392 g/mol. The molecule has 0 bridgehead atoms. The second-order valence-electron chi connectivity index (χ2n) is 7.11. The second kappa shape index (κ2) is 9.46. The van der Waals surface area contributed by atoms with Gasteiger partial charge in [0.05, 0.1) is 19.7 Å². The Morgan fingerprint density at radius 1 is 1.33 bits per heavy atom. The van der Waals surface area contributed by atoms with Gasteiger partial charge in [-0.15, -0.1) is 0 Å². The van der Waals surface area contributed by atoms with Gasteiger partial charge in [-0.2, -0.15) is 11.8 Å². The summed E-state index contributed by atoms with van der Waals surface area (Å²) in [5, 5.41) is 0. The maximum Gasteiger partial charge on any atom is 0.320 e. The predicted molar refractivity (Wildman–Crippen MR) is 106 cm³/mol. The zero-order valence-corrected chi connectivity index (χ0v) is 16.9. The molecule has 0 aliphatic carbocycles. The number of amides is 1. The Morgan fingerprint density at radius 2 is 2.19 bits per heavy atom. The number of methoxy groups -OCH3 is 1. The lowest BCUT2D eigenvalue weighted by atomic mass is 10.0. The number of likely N-dealkylation sites (tertiary alicyclic amines) is 1. The Hall–Kier alpha value is -1.73. The molecule has 0 N–H and O–H groups in total. The molecule has 148 valence electrons. The first-order valence-corrected chi connectivity index (χ1v) is 10.6. The number of benzene rings is 1. The van der Waals surface area contributed by atoms with Crippen LogP contribution in [0.1, 0.15) is 30.9 Å². The van der Waals surface area contributed by atoms with Crippen molar-refractivity contribution in [2.75, 3.05) is 45.4 Å². The molecule has 0 spiro atoms. The van der Waals surface area contributed by atoms with Crippen molar-refractivity contribution in [1.82, 2.24) is 9.80 Å². The average molecular weight is 393 g/mol. The predicted octanol–water partition coefficient (Wildman–Crippen LogP) is 2.34. The third-order valence-corrected chi connectivity index (χ3v) is 6.46. The van der Waals surface area contributed by atoms with E-state index < -0.39 is 0 Å². The molecule has 2 unspecified atom stereocenters. The molecule has 2 heterocycles. The number of carbonyl (C=O) groups excluding carboxylic acids is 2. The maximum atomic E-state index is 12.6. The van der Waals surface area contributed by atoms with Crippen LogP contribution in [0.2, 0.25) is 0 Å². The number of thioether (sulfide) groups is 1. The Labute approximate surface area is 165 Å². The minimum Gasteiger partial charge on any atom is -0.497 e. The second-order valence-corrected chi connectivity index (χ2v) is 8.26. The normalized spacial score (nSPS) is 22.3. The van der Waals surface area contributed by atoms with E-state index in [2.05, 4.69) is 0 Å². The largest absolute Gasteiger partial charge is 0.497 e. The highest BCUT2D eigenvalue weighted by Crippen LogP contribution is 2.33. The Bertz CT molecular complexity index is 663. The van der Waals surface area contributed by atoms with Gasteiger partial charge in [0.1, 0.15) is 5.75 Å². The lowest BCUT2D eigenvalue weighted by Crippen LogP contribution is -2.38. The number of rotatable bonds is 7. The molecule has 2 aliphatic rings. The van der Waals surface area contributed by atoms with E-state index in [1.54, 1.807) is 7.11 Å². The molecule has 7 heteroatoms. The summed E-state index contributed by atoms with van der Waals surface area (Å²) in [4.78, 5) is 28.6. The van der Waals surface area contributed by atoms with Gasteiger partial charge in [-0.1, -0.05) is 12.1 Å². The van der Waals surface area contributed by atoms with Crippen molar-refractivity contribution in [2.45, 2.75) is 31.3 Å². The van der Waals surface area contributed by atoms with Gasteiger partial charge in [0, 0.05) is 18.3 Å². The molecule has 2 atom stereocenters. The van der Waals surface area contributed by atoms with E-state index >= 15 is 0 Å². The summed E-state index contributed by atoms with van der Waals surface area (Å²) < 4.78 is 10.6. The van der Waals surface area contributed by atoms with E-state index in [0.717, 1.165) is 42.1 Å². The van der Waals surface area contributed by atoms with Crippen LogP contribution < -0.4 is 4.74 Å². The van der Waals surface area contributed by atoms with Crippen LogP contribution in [-0.2, 0) is 14.3 Å². The third kappa shape index (κ3) is 5.17. The summed E-state index contributed by atoms with van der Waals surface area (Å²) in [5.74, 6) is 2.51. The molecule has 0 aromatic heterocycles. The third-order valence-electron chi connectivity index (χ3n) is 5.32. The molecule has 1 aromatic carbocycles. The number of hydrogen-bond donors (Lipinski definition) is 0. The molecule has 3 rings (SSSR count). The summed E-state index contributed by atoms with van der Waals surface area (Å²) in [6, 6.07) is 8.26. The first kappa shape index (κ1) is 20.0. The lowest BCUT2D eigenvalue weighted by molar-refractivity contribution is -0.153. The molecular formula is C20H28N2O4S. The number of likely N-dealkylation sites (N-methyl/N-ethyl adjacent to an activating group) is 1. The molecule has 2 fully saturated rings. The Morgan fingerprint density at radius 3 is 2.93 bits per heavy atom. The zero-order valence-electron chi connectivity index (χ0n) is 16.1. The zero-order chi connectivity index (χ0) is 19.2. The van der Waals surface area contributed by atoms with Gasteiger partial charge in [0.2, 0.25) is 0 Å². The highest BCUT2D eigenvalue weighted by atomic mass is 32.2. The molecule has 1 amide bonds.